The van der Waals surface area contributed by atoms with Gasteiger partial charge in [-0.15, -0.1) is 0 Å². The predicted molar refractivity (Wildman–Crippen MR) is 130 cm³/mol. The lowest BCUT2D eigenvalue weighted by molar-refractivity contribution is -0.450. The molecule has 2 aromatic rings. The Bertz CT molecular complexity index is 1100. The molecule has 3 aliphatic rings. The molecule has 10 nitrogen and oxygen atoms in total. The Morgan fingerprint density at radius 1 is 1.17 bits per heavy atom. The van der Waals surface area contributed by atoms with E-state index in [-0.39, 0.29) is 24.9 Å². The summed E-state index contributed by atoms with van der Waals surface area (Å²) in [7, 11) is 1.68. The minimum atomic E-state index is -2.01. The van der Waals surface area contributed by atoms with Crippen LogP contribution in [0.5, 0.6) is 0 Å². The first kappa shape index (κ1) is 25.5. The average molecular weight is 502 g/mol. The molecule has 10 heteroatoms. The molecule has 36 heavy (non-hydrogen) atoms. The number of carbonyl (C=O) groups excluding carboxylic acids is 1. The van der Waals surface area contributed by atoms with Crippen molar-refractivity contribution >= 4 is 16.7 Å². The number of nitrogens with zero attached hydrogens (tertiary/aromatic N) is 1. The summed E-state index contributed by atoms with van der Waals surface area (Å²) in [6.07, 6.45) is -2.55. The Kier molecular flexibility index (Phi) is 7.03. The van der Waals surface area contributed by atoms with Crippen LogP contribution in [0, 0.1) is 5.92 Å². The van der Waals surface area contributed by atoms with Crippen molar-refractivity contribution in [3.8, 4) is 0 Å². The number of aliphatic hydroxyl groups is 3. The predicted octanol–water partition coefficient (Wildman–Crippen LogP) is 0.219. The van der Waals surface area contributed by atoms with E-state index in [2.05, 4.69) is 15.6 Å². The minimum Gasteiger partial charge on any atom is -0.391 e. The SMILES string of the molecule is CC[C@@H]1[C@H](O)[C@H](NC)[C@H]2O[C@]3(O)[C@H](O[C@@H]2[C@H]1O)O[C@H](C)C[C@H]3NC(=O)Cc1cc2ccccc2cn1. The maximum atomic E-state index is 13.0. The van der Waals surface area contributed by atoms with Gasteiger partial charge in [0, 0.05) is 17.5 Å². The van der Waals surface area contributed by atoms with E-state index in [0.29, 0.717) is 12.1 Å². The summed E-state index contributed by atoms with van der Waals surface area (Å²) in [5.41, 5.74) is 0.607. The van der Waals surface area contributed by atoms with Crippen molar-refractivity contribution in [3.05, 3.63) is 42.2 Å². The first-order chi connectivity index (χ1) is 17.2. The molecule has 1 saturated carbocycles. The van der Waals surface area contributed by atoms with E-state index in [1.54, 1.807) is 13.2 Å². The lowest BCUT2D eigenvalue weighted by Crippen LogP contribution is -2.77. The van der Waals surface area contributed by atoms with Gasteiger partial charge >= 0.3 is 0 Å². The van der Waals surface area contributed by atoms with Crippen LogP contribution in [-0.4, -0.2) is 87.9 Å². The van der Waals surface area contributed by atoms with Crippen LogP contribution in [0.1, 0.15) is 32.4 Å². The maximum Gasteiger partial charge on any atom is 0.239 e. The standard InChI is InChI=1S/C26H35N3O7/c1-4-17-21(31)20(27-3)23-24(22(17)32)35-25-26(33,36-23)18(9-13(2)34-25)29-19(30)11-16-10-14-7-5-6-8-15(14)12-28-16/h5-8,10,12-13,17-18,20-25,27,31-33H,4,9,11H2,1-3H3,(H,29,30)/t13-,17-,18-,20+,21+,22+,23-,24-,25+,26+/m1/s1. The summed E-state index contributed by atoms with van der Waals surface area (Å²) >= 11 is 0. The molecule has 1 aliphatic carbocycles. The molecule has 0 bridgehead atoms. The third kappa shape index (κ3) is 4.41. The normalized spacial score (nSPS) is 40.3. The van der Waals surface area contributed by atoms with Crippen LogP contribution < -0.4 is 10.6 Å². The molecule has 0 spiro atoms. The molecule has 1 amide bonds. The second kappa shape index (κ2) is 9.94. The van der Waals surface area contributed by atoms with Crippen molar-refractivity contribution in [1.29, 1.82) is 0 Å². The van der Waals surface area contributed by atoms with Crippen molar-refractivity contribution < 1.29 is 34.3 Å². The third-order valence-corrected chi connectivity index (χ3v) is 7.79. The second-order valence-corrected chi connectivity index (χ2v) is 10.1. The fourth-order valence-electron chi connectivity index (χ4n) is 5.88. The number of fused-ring (bicyclic) bond motifs is 3. The molecule has 5 N–H and O–H groups in total. The first-order valence-corrected chi connectivity index (χ1v) is 12.6. The molecular weight excluding hydrogens is 466 g/mol. The van der Waals surface area contributed by atoms with Gasteiger partial charge in [-0.25, -0.2) is 0 Å². The molecule has 2 aliphatic heterocycles. The van der Waals surface area contributed by atoms with Gasteiger partial charge in [0.1, 0.15) is 12.2 Å². The molecule has 3 fully saturated rings. The summed E-state index contributed by atoms with van der Waals surface area (Å²) < 4.78 is 18.2. The zero-order chi connectivity index (χ0) is 25.6. The number of pyridine rings is 1. The number of rotatable bonds is 5. The van der Waals surface area contributed by atoms with Crippen LogP contribution in [0.25, 0.3) is 10.8 Å². The minimum absolute atomic E-state index is 0.0268. The summed E-state index contributed by atoms with van der Waals surface area (Å²) in [5, 5.41) is 41.4. The highest BCUT2D eigenvalue weighted by Gasteiger charge is 2.63. The van der Waals surface area contributed by atoms with Crippen LogP contribution in [-0.2, 0) is 25.4 Å². The average Bonchev–Trinajstić information content (AvgIpc) is 2.84. The number of ether oxygens (including phenoxy) is 3. The number of benzene rings is 1. The molecule has 0 unspecified atom stereocenters. The molecule has 10 atom stereocenters. The Hall–Kier alpha value is -2.18. The monoisotopic (exact) mass is 501 g/mol. The van der Waals surface area contributed by atoms with Gasteiger partial charge in [-0.2, -0.15) is 0 Å². The van der Waals surface area contributed by atoms with Crippen LogP contribution in [0.3, 0.4) is 0 Å². The molecule has 5 rings (SSSR count). The van der Waals surface area contributed by atoms with Gasteiger partial charge in [0.25, 0.3) is 0 Å². The largest absolute Gasteiger partial charge is 0.391 e. The molecule has 1 aromatic carbocycles. The van der Waals surface area contributed by atoms with E-state index in [4.69, 9.17) is 14.2 Å². The van der Waals surface area contributed by atoms with Crippen molar-refractivity contribution in [1.82, 2.24) is 15.6 Å². The summed E-state index contributed by atoms with van der Waals surface area (Å²) in [4.78, 5) is 17.4. The van der Waals surface area contributed by atoms with E-state index < -0.39 is 54.5 Å². The van der Waals surface area contributed by atoms with E-state index in [9.17, 15) is 20.1 Å². The van der Waals surface area contributed by atoms with E-state index in [0.717, 1.165) is 10.8 Å². The lowest BCUT2D eigenvalue weighted by Gasteiger charge is -2.58. The number of nitrogens with one attached hydrogen (secondary N) is 2. The zero-order valence-corrected chi connectivity index (χ0v) is 20.7. The van der Waals surface area contributed by atoms with Crippen LogP contribution in [0.2, 0.25) is 0 Å². The van der Waals surface area contributed by atoms with Gasteiger partial charge in [0.15, 0.2) is 0 Å². The first-order valence-electron chi connectivity index (χ1n) is 12.6. The smallest absolute Gasteiger partial charge is 0.239 e. The van der Waals surface area contributed by atoms with Crippen molar-refractivity contribution in [3.63, 3.8) is 0 Å². The summed E-state index contributed by atoms with van der Waals surface area (Å²) in [5.74, 6) is -2.76. The Balaban J connectivity index is 1.35. The number of carbonyl (C=O) groups is 1. The highest BCUT2D eigenvalue weighted by atomic mass is 16.8. The molecule has 0 radical (unpaired) electrons. The van der Waals surface area contributed by atoms with Crippen LogP contribution in [0.15, 0.2) is 36.5 Å². The van der Waals surface area contributed by atoms with Gasteiger partial charge in [-0.3, -0.25) is 9.78 Å². The molecule has 2 saturated heterocycles. The number of amides is 1. The number of hydrogen-bond donors (Lipinski definition) is 5. The van der Waals surface area contributed by atoms with Crippen molar-refractivity contribution in [2.45, 2.75) is 87.8 Å². The maximum absolute atomic E-state index is 13.0. The van der Waals surface area contributed by atoms with Gasteiger partial charge in [-0.1, -0.05) is 31.2 Å². The van der Waals surface area contributed by atoms with Gasteiger partial charge in [0.05, 0.1) is 42.5 Å². The third-order valence-electron chi connectivity index (χ3n) is 7.79. The molecule has 196 valence electrons. The molecular formula is C26H35N3O7. The van der Waals surface area contributed by atoms with Gasteiger partial charge < -0.3 is 40.2 Å². The summed E-state index contributed by atoms with van der Waals surface area (Å²) in [6, 6.07) is 8.22. The number of aliphatic hydroxyl groups excluding tert-OH is 2. The van der Waals surface area contributed by atoms with Crippen LogP contribution >= 0.6 is 0 Å². The Morgan fingerprint density at radius 3 is 2.64 bits per heavy atom. The quantitative estimate of drug-likeness (QED) is 0.389. The van der Waals surface area contributed by atoms with E-state index in [1.165, 1.54) is 0 Å². The second-order valence-electron chi connectivity index (χ2n) is 10.1. The highest BCUT2D eigenvalue weighted by molar-refractivity contribution is 5.84. The summed E-state index contributed by atoms with van der Waals surface area (Å²) in [6.45, 7) is 3.71. The number of likely N-dealkylation sites (N-methyl/N-ethyl adjacent to an activating group) is 1. The molecule has 3 heterocycles. The number of aromatic nitrogens is 1. The van der Waals surface area contributed by atoms with E-state index in [1.807, 2.05) is 44.2 Å². The lowest BCUT2D eigenvalue weighted by atomic mass is 9.74. The zero-order valence-electron chi connectivity index (χ0n) is 20.7. The molecule has 1 aromatic heterocycles. The fourth-order valence-corrected chi connectivity index (χ4v) is 5.88. The van der Waals surface area contributed by atoms with Crippen molar-refractivity contribution in [2.24, 2.45) is 5.92 Å². The Morgan fingerprint density at radius 2 is 1.92 bits per heavy atom. The van der Waals surface area contributed by atoms with Crippen LogP contribution in [0.4, 0.5) is 0 Å². The fraction of sp³-hybridized carbons (Fsp3) is 0.615. The Labute approximate surface area is 210 Å². The topological polar surface area (TPSA) is 142 Å². The van der Waals surface area contributed by atoms with Gasteiger partial charge in [-0.05, 0) is 38.3 Å². The van der Waals surface area contributed by atoms with E-state index >= 15 is 0 Å². The van der Waals surface area contributed by atoms with Gasteiger partial charge in [0.2, 0.25) is 18.0 Å². The van der Waals surface area contributed by atoms with Crippen molar-refractivity contribution in [2.75, 3.05) is 7.05 Å². The highest BCUT2D eigenvalue weighted by Crippen LogP contribution is 2.43. The number of hydrogen-bond acceptors (Lipinski definition) is 9.